The lowest BCUT2D eigenvalue weighted by Crippen LogP contribution is -2.36. The lowest BCUT2D eigenvalue weighted by atomic mass is 10.2. The summed E-state index contributed by atoms with van der Waals surface area (Å²) in [6.45, 7) is 1.14. The summed E-state index contributed by atoms with van der Waals surface area (Å²) in [6.07, 6.45) is 0. The number of anilines is 2. The second-order valence-corrected chi connectivity index (χ2v) is 5.94. The van der Waals surface area contributed by atoms with Gasteiger partial charge >= 0.3 is 5.97 Å². The largest absolute Gasteiger partial charge is 0.497 e. The summed E-state index contributed by atoms with van der Waals surface area (Å²) in [6, 6.07) is 11.1. The van der Waals surface area contributed by atoms with Crippen molar-refractivity contribution < 1.29 is 23.9 Å². The molecule has 0 unspecified atom stereocenters. The zero-order valence-corrected chi connectivity index (χ0v) is 15.9. The molecule has 1 N–H and O–H groups in total. The van der Waals surface area contributed by atoms with Crippen molar-refractivity contribution in [2.24, 2.45) is 0 Å². The van der Waals surface area contributed by atoms with E-state index in [-0.39, 0.29) is 28.7 Å². The predicted molar refractivity (Wildman–Crippen MR) is 102 cm³/mol. The molecular formula is C19H19ClN2O5. The summed E-state index contributed by atoms with van der Waals surface area (Å²) in [7, 11) is 2.80. The minimum atomic E-state index is -0.550. The summed E-state index contributed by atoms with van der Waals surface area (Å²) >= 11 is 6.08. The molecule has 0 radical (unpaired) electrons. The quantitative estimate of drug-likeness (QED) is 0.766. The fraction of sp³-hybridized carbons (Fsp3) is 0.211. The van der Waals surface area contributed by atoms with E-state index >= 15 is 0 Å². The molecule has 0 atom stereocenters. The van der Waals surface area contributed by atoms with Gasteiger partial charge in [-0.3, -0.25) is 9.59 Å². The van der Waals surface area contributed by atoms with Gasteiger partial charge in [-0.15, -0.1) is 0 Å². The van der Waals surface area contributed by atoms with Crippen molar-refractivity contribution in [3.05, 3.63) is 53.1 Å². The molecule has 0 bridgehead atoms. The SMILES string of the molecule is COC(=O)c1ccc(Cl)c(NC(=O)CN(C(C)=O)c2ccc(OC)cc2)c1. The number of esters is 1. The molecule has 0 saturated carbocycles. The van der Waals surface area contributed by atoms with Crippen LogP contribution in [-0.4, -0.2) is 38.5 Å². The Morgan fingerprint density at radius 1 is 1.07 bits per heavy atom. The minimum absolute atomic E-state index is 0.222. The van der Waals surface area contributed by atoms with Crippen LogP contribution in [0.2, 0.25) is 5.02 Å². The van der Waals surface area contributed by atoms with Crippen LogP contribution in [0.25, 0.3) is 0 Å². The molecule has 27 heavy (non-hydrogen) atoms. The Balaban J connectivity index is 2.16. The molecule has 0 aliphatic rings. The Kier molecular flexibility index (Phi) is 6.79. The number of rotatable bonds is 6. The van der Waals surface area contributed by atoms with E-state index in [4.69, 9.17) is 16.3 Å². The van der Waals surface area contributed by atoms with Crippen molar-refractivity contribution in [3.8, 4) is 5.75 Å². The molecule has 0 aromatic heterocycles. The number of halogens is 1. The maximum absolute atomic E-state index is 12.4. The number of benzene rings is 2. The van der Waals surface area contributed by atoms with Crippen LogP contribution in [0.5, 0.6) is 5.75 Å². The normalized spacial score (nSPS) is 10.1. The van der Waals surface area contributed by atoms with E-state index in [1.54, 1.807) is 24.3 Å². The lowest BCUT2D eigenvalue weighted by Gasteiger charge is -2.21. The van der Waals surface area contributed by atoms with Crippen molar-refractivity contribution in [2.75, 3.05) is 31.0 Å². The van der Waals surface area contributed by atoms with E-state index in [1.165, 1.54) is 44.2 Å². The summed E-state index contributed by atoms with van der Waals surface area (Å²) in [5, 5.41) is 2.87. The summed E-state index contributed by atoms with van der Waals surface area (Å²) in [4.78, 5) is 37.3. The van der Waals surface area contributed by atoms with E-state index in [2.05, 4.69) is 10.1 Å². The van der Waals surface area contributed by atoms with Gasteiger partial charge in [-0.1, -0.05) is 11.6 Å². The van der Waals surface area contributed by atoms with Gasteiger partial charge in [0.15, 0.2) is 0 Å². The predicted octanol–water partition coefficient (Wildman–Crippen LogP) is 3.13. The van der Waals surface area contributed by atoms with Crippen LogP contribution in [0, 0.1) is 0 Å². The first-order chi connectivity index (χ1) is 12.8. The minimum Gasteiger partial charge on any atom is -0.497 e. The highest BCUT2D eigenvalue weighted by Gasteiger charge is 2.17. The number of ether oxygens (including phenoxy) is 2. The molecular weight excluding hydrogens is 372 g/mol. The zero-order chi connectivity index (χ0) is 20.0. The van der Waals surface area contributed by atoms with Crippen LogP contribution in [0.4, 0.5) is 11.4 Å². The van der Waals surface area contributed by atoms with Gasteiger partial charge in [0.1, 0.15) is 12.3 Å². The number of carbonyl (C=O) groups is 3. The third kappa shape index (κ3) is 5.21. The van der Waals surface area contributed by atoms with E-state index in [0.717, 1.165) is 0 Å². The number of nitrogens with one attached hydrogen (secondary N) is 1. The van der Waals surface area contributed by atoms with Crippen molar-refractivity contribution in [1.82, 2.24) is 0 Å². The molecule has 2 amide bonds. The Morgan fingerprint density at radius 3 is 2.30 bits per heavy atom. The molecule has 2 aromatic carbocycles. The molecule has 142 valence electrons. The molecule has 0 aliphatic carbocycles. The van der Waals surface area contributed by atoms with E-state index < -0.39 is 11.9 Å². The monoisotopic (exact) mass is 390 g/mol. The van der Waals surface area contributed by atoms with Gasteiger partial charge in [0.2, 0.25) is 11.8 Å². The maximum atomic E-state index is 12.4. The van der Waals surface area contributed by atoms with Crippen molar-refractivity contribution in [3.63, 3.8) is 0 Å². The average Bonchev–Trinajstić information content (AvgIpc) is 2.67. The van der Waals surface area contributed by atoms with Crippen molar-refractivity contribution in [1.29, 1.82) is 0 Å². The van der Waals surface area contributed by atoms with Crippen molar-refractivity contribution in [2.45, 2.75) is 6.92 Å². The first-order valence-corrected chi connectivity index (χ1v) is 8.33. The summed E-state index contributed by atoms with van der Waals surface area (Å²) in [5.41, 5.74) is 1.05. The Labute approximate surface area is 161 Å². The van der Waals surface area contributed by atoms with E-state index in [0.29, 0.717) is 11.4 Å². The number of hydrogen-bond donors (Lipinski definition) is 1. The average molecular weight is 391 g/mol. The number of carbonyl (C=O) groups excluding carboxylic acids is 3. The topological polar surface area (TPSA) is 84.9 Å². The second-order valence-electron chi connectivity index (χ2n) is 5.54. The molecule has 0 spiro atoms. The number of amides is 2. The van der Waals surface area contributed by atoms with Gasteiger partial charge in [-0.25, -0.2) is 4.79 Å². The number of methoxy groups -OCH3 is 2. The van der Waals surface area contributed by atoms with Crippen LogP contribution in [0.1, 0.15) is 17.3 Å². The van der Waals surface area contributed by atoms with Crippen LogP contribution >= 0.6 is 11.6 Å². The fourth-order valence-corrected chi connectivity index (χ4v) is 2.51. The first-order valence-electron chi connectivity index (χ1n) is 7.95. The van der Waals surface area contributed by atoms with Gasteiger partial charge in [0.05, 0.1) is 30.5 Å². The Morgan fingerprint density at radius 2 is 1.74 bits per heavy atom. The Hall–Kier alpha value is -3.06. The first kappa shape index (κ1) is 20.3. The van der Waals surface area contributed by atoms with Crippen LogP contribution in [0.15, 0.2) is 42.5 Å². The number of hydrogen-bond acceptors (Lipinski definition) is 5. The summed E-state index contributed by atoms with van der Waals surface area (Å²) < 4.78 is 9.74. The maximum Gasteiger partial charge on any atom is 0.337 e. The van der Waals surface area contributed by atoms with Gasteiger partial charge in [0.25, 0.3) is 0 Å². The fourth-order valence-electron chi connectivity index (χ4n) is 2.35. The van der Waals surface area contributed by atoms with E-state index in [1.807, 2.05) is 0 Å². The third-order valence-electron chi connectivity index (χ3n) is 3.73. The second kappa shape index (κ2) is 9.05. The van der Waals surface area contributed by atoms with Gasteiger partial charge in [-0.2, -0.15) is 0 Å². The smallest absolute Gasteiger partial charge is 0.337 e. The van der Waals surface area contributed by atoms with E-state index in [9.17, 15) is 14.4 Å². The van der Waals surface area contributed by atoms with Gasteiger partial charge in [-0.05, 0) is 42.5 Å². The molecule has 0 saturated heterocycles. The molecule has 0 fully saturated rings. The molecule has 8 heteroatoms. The number of nitrogens with zero attached hydrogens (tertiary/aromatic N) is 1. The molecule has 2 rings (SSSR count). The molecule has 0 aliphatic heterocycles. The highest BCUT2D eigenvalue weighted by atomic mass is 35.5. The Bertz CT molecular complexity index is 852. The van der Waals surface area contributed by atoms with Crippen LogP contribution in [0.3, 0.4) is 0 Å². The van der Waals surface area contributed by atoms with Gasteiger partial charge in [0, 0.05) is 12.6 Å². The van der Waals surface area contributed by atoms with Crippen LogP contribution in [-0.2, 0) is 14.3 Å². The standard InChI is InChI=1S/C19H19ClN2O5/c1-12(23)22(14-5-7-15(26-2)8-6-14)11-18(24)21-17-10-13(19(25)27-3)4-9-16(17)20/h4-10H,11H2,1-3H3,(H,21,24). The molecule has 7 nitrogen and oxygen atoms in total. The highest BCUT2D eigenvalue weighted by Crippen LogP contribution is 2.24. The lowest BCUT2D eigenvalue weighted by molar-refractivity contribution is -0.120. The summed E-state index contributed by atoms with van der Waals surface area (Å²) in [5.74, 6) is -0.682. The van der Waals surface area contributed by atoms with Crippen molar-refractivity contribution >= 4 is 40.8 Å². The molecule has 2 aromatic rings. The van der Waals surface area contributed by atoms with Crippen LogP contribution < -0.4 is 15.0 Å². The third-order valence-corrected chi connectivity index (χ3v) is 4.06. The zero-order valence-electron chi connectivity index (χ0n) is 15.1. The highest BCUT2D eigenvalue weighted by molar-refractivity contribution is 6.34. The molecule has 0 heterocycles. The van der Waals surface area contributed by atoms with Gasteiger partial charge < -0.3 is 19.7 Å².